The summed E-state index contributed by atoms with van der Waals surface area (Å²) in [6.07, 6.45) is 3.60. The largest absolute Gasteiger partial charge is 0.497 e. The zero-order valence-electron chi connectivity index (χ0n) is 15.1. The van der Waals surface area contributed by atoms with Crippen molar-refractivity contribution in [1.29, 1.82) is 0 Å². The van der Waals surface area contributed by atoms with Crippen LogP contribution in [0.25, 0.3) is 0 Å². The van der Waals surface area contributed by atoms with Crippen molar-refractivity contribution in [3.63, 3.8) is 0 Å². The van der Waals surface area contributed by atoms with Gasteiger partial charge in [-0.05, 0) is 61.1 Å². The summed E-state index contributed by atoms with van der Waals surface area (Å²) in [5, 5.41) is 11.0. The van der Waals surface area contributed by atoms with E-state index in [9.17, 15) is 4.79 Å². The van der Waals surface area contributed by atoms with Crippen LogP contribution in [0, 0.1) is 0 Å². The third kappa shape index (κ3) is 5.15. The van der Waals surface area contributed by atoms with Gasteiger partial charge in [0.2, 0.25) is 0 Å². The molecular weight excluding hydrogens is 360 g/mol. The molecule has 1 heterocycles. The summed E-state index contributed by atoms with van der Waals surface area (Å²) < 4.78 is 7.06. The van der Waals surface area contributed by atoms with Gasteiger partial charge in [0.25, 0.3) is 0 Å². The molecule has 0 saturated heterocycles. The third-order valence-electron chi connectivity index (χ3n) is 3.92. The van der Waals surface area contributed by atoms with Crippen LogP contribution >= 0.6 is 12.2 Å². The lowest BCUT2D eigenvalue weighted by Gasteiger charge is -2.09. The van der Waals surface area contributed by atoms with Gasteiger partial charge in [-0.15, -0.1) is 0 Å². The lowest BCUT2D eigenvalue weighted by molar-refractivity contribution is 0.101. The van der Waals surface area contributed by atoms with Gasteiger partial charge in [-0.1, -0.05) is 12.1 Å². The molecule has 0 atom stereocenters. The van der Waals surface area contributed by atoms with Gasteiger partial charge < -0.3 is 15.4 Å². The maximum absolute atomic E-state index is 11.3. The molecule has 0 radical (unpaired) electrons. The van der Waals surface area contributed by atoms with Gasteiger partial charge in [-0.3, -0.25) is 9.48 Å². The van der Waals surface area contributed by atoms with E-state index in [0.29, 0.717) is 17.2 Å². The molecule has 0 aliphatic heterocycles. The highest BCUT2D eigenvalue weighted by Gasteiger charge is 2.04. The second-order valence-corrected chi connectivity index (χ2v) is 6.40. The van der Waals surface area contributed by atoms with Gasteiger partial charge in [-0.2, -0.15) is 5.10 Å². The van der Waals surface area contributed by atoms with Gasteiger partial charge in [0.1, 0.15) is 5.75 Å². The summed E-state index contributed by atoms with van der Waals surface area (Å²) >= 11 is 5.33. The number of carbonyl (C=O) groups is 1. The van der Waals surface area contributed by atoms with E-state index >= 15 is 0 Å². The SMILES string of the molecule is COc1cccc(Cn2cc(NC(=S)Nc3ccc(C(C)=O)cc3)cn2)c1. The number of methoxy groups -OCH3 is 1. The van der Waals surface area contributed by atoms with Crippen LogP contribution in [0.5, 0.6) is 5.75 Å². The zero-order chi connectivity index (χ0) is 19.2. The van der Waals surface area contributed by atoms with Crippen molar-refractivity contribution in [1.82, 2.24) is 9.78 Å². The van der Waals surface area contributed by atoms with E-state index in [-0.39, 0.29) is 5.78 Å². The molecule has 0 aliphatic carbocycles. The number of carbonyl (C=O) groups excluding carboxylic acids is 1. The van der Waals surface area contributed by atoms with Crippen LogP contribution < -0.4 is 15.4 Å². The first-order valence-electron chi connectivity index (χ1n) is 8.38. The minimum Gasteiger partial charge on any atom is -0.497 e. The Labute approximate surface area is 163 Å². The summed E-state index contributed by atoms with van der Waals surface area (Å²) in [4.78, 5) is 11.3. The number of rotatable bonds is 6. The number of Topliss-reactive ketones (excluding diaryl/α,β-unsaturated/α-hetero) is 1. The van der Waals surface area contributed by atoms with Crippen LogP contribution in [0.1, 0.15) is 22.8 Å². The van der Waals surface area contributed by atoms with Crippen molar-refractivity contribution in [3.8, 4) is 5.75 Å². The third-order valence-corrected chi connectivity index (χ3v) is 4.12. The van der Waals surface area contributed by atoms with Crippen molar-refractivity contribution in [3.05, 3.63) is 72.1 Å². The van der Waals surface area contributed by atoms with Gasteiger partial charge in [0.05, 0.1) is 25.5 Å². The molecule has 1 aromatic heterocycles. The monoisotopic (exact) mass is 380 g/mol. The van der Waals surface area contributed by atoms with Crippen LogP contribution in [0.3, 0.4) is 0 Å². The summed E-state index contributed by atoms with van der Waals surface area (Å²) in [6, 6.07) is 15.0. The number of anilines is 2. The summed E-state index contributed by atoms with van der Waals surface area (Å²) in [7, 11) is 1.65. The highest BCUT2D eigenvalue weighted by atomic mass is 32.1. The van der Waals surface area contributed by atoms with E-state index in [0.717, 1.165) is 22.7 Å². The van der Waals surface area contributed by atoms with Crippen molar-refractivity contribution in [2.45, 2.75) is 13.5 Å². The van der Waals surface area contributed by atoms with E-state index < -0.39 is 0 Å². The second-order valence-electron chi connectivity index (χ2n) is 5.99. The quantitative estimate of drug-likeness (QED) is 0.499. The second kappa shape index (κ2) is 8.46. The van der Waals surface area contributed by atoms with E-state index in [2.05, 4.69) is 15.7 Å². The molecule has 0 saturated carbocycles. The molecule has 3 aromatic rings. The van der Waals surface area contributed by atoms with Gasteiger partial charge >= 0.3 is 0 Å². The molecule has 2 aromatic carbocycles. The number of hydrogen-bond donors (Lipinski definition) is 2. The van der Waals surface area contributed by atoms with Gasteiger partial charge in [0, 0.05) is 17.4 Å². The van der Waals surface area contributed by atoms with Gasteiger partial charge in [0.15, 0.2) is 10.9 Å². The van der Waals surface area contributed by atoms with E-state index in [1.165, 1.54) is 6.92 Å². The highest BCUT2D eigenvalue weighted by Crippen LogP contribution is 2.15. The molecule has 0 amide bonds. The van der Waals surface area contributed by atoms with Crippen LogP contribution in [0.2, 0.25) is 0 Å². The molecular formula is C20H20N4O2S. The molecule has 3 rings (SSSR count). The Morgan fingerprint density at radius 3 is 2.59 bits per heavy atom. The Morgan fingerprint density at radius 2 is 1.89 bits per heavy atom. The smallest absolute Gasteiger partial charge is 0.175 e. The first-order chi connectivity index (χ1) is 13.0. The lowest BCUT2D eigenvalue weighted by Crippen LogP contribution is -2.18. The number of ketones is 1. The standard InChI is InChI=1S/C20H20N4O2S/c1-14(25)16-6-8-17(9-7-16)22-20(27)23-18-11-21-24(13-18)12-15-4-3-5-19(10-15)26-2/h3-11,13H,12H2,1-2H3,(H2,22,23,27). The predicted molar refractivity (Wildman–Crippen MR) is 111 cm³/mol. The van der Waals surface area contributed by atoms with Crippen LogP contribution in [0.4, 0.5) is 11.4 Å². The normalized spacial score (nSPS) is 10.3. The minimum atomic E-state index is 0.0331. The Morgan fingerprint density at radius 1 is 1.15 bits per heavy atom. The molecule has 6 nitrogen and oxygen atoms in total. The maximum atomic E-state index is 11.3. The average molecular weight is 380 g/mol. The minimum absolute atomic E-state index is 0.0331. The van der Waals surface area contributed by atoms with E-state index in [4.69, 9.17) is 17.0 Å². The Kier molecular flexibility index (Phi) is 5.83. The summed E-state index contributed by atoms with van der Waals surface area (Å²) in [5.74, 6) is 0.852. The molecule has 0 spiro atoms. The Bertz CT molecular complexity index is 951. The van der Waals surface area contributed by atoms with Crippen molar-refractivity contribution in [2.75, 3.05) is 17.7 Å². The predicted octanol–water partition coefficient (Wildman–Crippen LogP) is 3.95. The summed E-state index contributed by atoms with van der Waals surface area (Å²) in [5.41, 5.74) is 3.35. The number of hydrogen-bond acceptors (Lipinski definition) is 4. The Balaban J connectivity index is 1.58. The molecule has 0 unspecified atom stereocenters. The average Bonchev–Trinajstić information content (AvgIpc) is 3.08. The fourth-order valence-electron chi connectivity index (χ4n) is 2.55. The number of ether oxygens (including phenoxy) is 1. The van der Waals surface area contributed by atoms with Crippen LogP contribution in [0.15, 0.2) is 60.9 Å². The van der Waals surface area contributed by atoms with Crippen LogP contribution in [-0.4, -0.2) is 27.8 Å². The lowest BCUT2D eigenvalue weighted by atomic mass is 10.1. The van der Waals surface area contributed by atoms with Crippen molar-refractivity contribution < 1.29 is 9.53 Å². The number of thiocarbonyl (C=S) groups is 1. The van der Waals surface area contributed by atoms with E-state index in [1.807, 2.05) is 47.3 Å². The topological polar surface area (TPSA) is 68.2 Å². The first kappa shape index (κ1) is 18.6. The molecule has 2 N–H and O–H groups in total. The highest BCUT2D eigenvalue weighted by molar-refractivity contribution is 7.80. The first-order valence-corrected chi connectivity index (χ1v) is 8.79. The van der Waals surface area contributed by atoms with Crippen LogP contribution in [-0.2, 0) is 6.54 Å². The number of nitrogens with one attached hydrogen (secondary N) is 2. The molecule has 0 aliphatic rings. The number of aromatic nitrogens is 2. The fourth-order valence-corrected chi connectivity index (χ4v) is 2.79. The molecule has 27 heavy (non-hydrogen) atoms. The van der Waals surface area contributed by atoms with Crippen molar-refractivity contribution >= 4 is 34.5 Å². The fraction of sp³-hybridized carbons (Fsp3) is 0.150. The molecule has 7 heteroatoms. The van der Waals surface area contributed by atoms with E-state index in [1.54, 1.807) is 25.4 Å². The molecule has 0 bridgehead atoms. The number of nitrogens with zero attached hydrogens (tertiary/aromatic N) is 2. The maximum Gasteiger partial charge on any atom is 0.175 e. The summed E-state index contributed by atoms with van der Waals surface area (Å²) in [6.45, 7) is 2.17. The Hall–Kier alpha value is -3.19. The zero-order valence-corrected chi connectivity index (χ0v) is 15.9. The van der Waals surface area contributed by atoms with Gasteiger partial charge in [-0.25, -0.2) is 0 Å². The van der Waals surface area contributed by atoms with Crippen molar-refractivity contribution in [2.24, 2.45) is 0 Å². The number of benzene rings is 2. The molecule has 0 fully saturated rings. The molecule has 138 valence electrons.